The van der Waals surface area contributed by atoms with E-state index in [1.807, 2.05) is 27.7 Å². The third-order valence-corrected chi connectivity index (χ3v) is 3.58. The summed E-state index contributed by atoms with van der Waals surface area (Å²) in [6.45, 7) is 7.81. The monoisotopic (exact) mass is 256 g/mol. The molecule has 104 valence electrons. The number of nitrogens with zero attached hydrogens (tertiary/aromatic N) is 1. The fraction of sp³-hybridized carbons (Fsp3) is 0.846. The van der Waals surface area contributed by atoms with E-state index < -0.39 is 11.6 Å². The number of amides is 3. The molecule has 0 aromatic rings. The Morgan fingerprint density at radius 2 is 1.89 bits per heavy atom. The molecule has 0 radical (unpaired) electrons. The molecule has 0 aromatic heterocycles. The molecule has 18 heavy (non-hydrogen) atoms. The Balaban J connectivity index is 2.73. The van der Waals surface area contributed by atoms with Crippen molar-refractivity contribution in [1.29, 1.82) is 0 Å². The van der Waals surface area contributed by atoms with E-state index in [0.29, 0.717) is 25.2 Å². The normalized spacial score (nSPS) is 20.8. The molecule has 0 aromatic carbocycles. The smallest absolute Gasteiger partial charge is 0.324 e. The Kier molecular flexibility index (Phi) is 4.73. The lowest BCUT2D eigenvalue weighted by molar-refractivity contribution is -0.130. The average Bonchev–Trinajstić information content (AvgIpc) is 2.56. The maximum absolute atomic E-state index is 12.1. The van der Waals surface area contributed by atoms with E-state index >= 15 is 0 Å². The summed E-state index contributed by atoms with van der Waals surface area (Å²) >= 11 is 0. The van der Waals surface area contributed by atoms with Crippen molar-refractivity contribution in [2.45, 2.75) is 58.6 Å². The summed E-state index contributed by atoms with van der Waals surface area (Å²) in [4.78, 5) is 25.0. The van der Waals surface area contributed by atoms with Crippen LogP contribution in [0.2, 0.25) is 0 Å². The molecule has 0 spiro atoms. The van der Waals surface area contributed by atoms with Gasteiger partial charge in [0.1, 0.15) is 6.04 Å². The number of aliphatic hydroxyl groups is 1. The molecule has 1 heterocycles. The summed E-state index contributed by atoms with van der Waals surface area (Å²) < 4.78 is 0. The Hall–Kier alpha value is -1.10. The van der Waals surface area contributed by atoms with Crippen molar-refractivity contribution < 1.29 is 14.7 Å². The highest BCUT2D eigenvalue weighted by Gasteiger charge is 2.41. The van der Waals surface area contributed by atoms with Crippen LogP contribution in [-0.2, 0) is 4.79 Å². The molecule has 1 atom stereocenters. The maximum Gasteiger partial charge on any atom is 0.324 e. The number of hydrogen-bond donors (Lipinski definition) is 2. The minimum atomic E-state index is -0.972. The van der Waals surface area contributed by atoms with Crippen LogP contribution in [0, 0.1) is 5.92 Å². The first kappa shape index (κ1) is 15.0. The molecule has 2 N–H and O–H groups in total. The van der Waals surface area contributed by atoms with E-state index in [9.17, 15) is 14.7 Å². The van der Waals surface area contributed by atoms with Crippen LogP contribution in [0.1, 0.15) is 47.0 Å². The summed E-state index contributed by atoms with van der Waals surface area (Å²) in [5, 5.41) is 12.9. The van der Waals surface area contributed by atoms with Gasteiger partial charge < -0.3 is 10.4 Å². The van der Waals surface area contributed by atoms with Crippen LogP contribution in [0.4, 0.5) is 4.79 Å². The van der Waals surface area contributed by atoms with Crippen molar-refractivity contribution in [1.82, 2.24) is 10.2 Å². The number of nitrogens with one attached hydrogen (secondary N) is 1. The van der Waals surface area contributed by atoms with Crippen molar-refractivity contribution >= 4 is 11.9 Å². The van der Waals surface area contributed by atoms with Gasteiger partial charge in [-0.05, 0) is 25.2 Å². The summed E-state index contributed by atoms with van der Waals surface area (Å²) in [5.41, 5.74) is -0.972. The van der Waals surface area contributed by atoms with E-state index in [4.69, 9.17) is 0 Å². The number of hydrogen-bond acceptors (Lipinski definition) is 3. The summed E-state index contributed by atoms with van der Waals surface area (Å²) in [6.07, 6.45) is 1.68. The molecule has 0 bridgehead atoms. The van der Waals surface area contributed by atoms with Crippen LogP contribution in [-0.4, -0.2) is 40.1 Å². The molecule has 1 unspecified atom stereocenters. The highest BCUT2D eigenvalue weighted by atomic mass is 16.3. The van der Waals surface area contributed by atoms with Crippen LogP contribution in [0.5, 0.6) is 0 Å². The Labute approximate surface area is 109 Å². The third-order valence-electron chi connectivity index (χ3n) is 3.58. The molecule has 0 saturated carbocycles. The van der Waals surface area contributed by atoms with Gasteiger partial charge in [0.05, 0.1) is 12.1 Å². The lowest BCUT2D eigenvalue weighted by Crippen LogP contribution is -2.45. The Bertz CT molecular complexity index is 324. The van der Waals surface area contributed by atoms with Gasteiger partial charge in [-0.25, -0.2) is 4.79 Å². The molecule has 3 amide bonds. The van der Waals surface area contributed by atoms with E-state index in [-0.39, 0.29) is 18.5 Å². The van der Waals surface area contributed by atoms with Gasteiger partial charge in [0.15, 0.2) is 0 Å². The Morgan fingerprint density at radius 1 is 1.33 bits per heavy atom. The van der Waals surface area contributed by atoms with E-state index in [2.05, 4.69) is 5.32 Å². The van der Waals surface area contributed by atoms with Gasteiger partial charge in [-0.15, -0.1) is 0 Å². The molecule has 0 aliphatic carbocycles. The molecule has 5 nitrogen and oxygen atoms in total. The fourth-order valence-electron chi connectivity index (χ4n) is 2.13. The average molecular weight is 256 g/mol. The fourth-order valence-corrected chi connectivity index (χ4v) is 2.13. The number of β-amino-alcohol motifs (C(OH)–C–C–N with tert-alkyl or cyclic N) is 1. The predicted octanol–water partition coefficient (Wildman–Crippen LogP) is 1.50. The number of carbonyl (C=O) groups is 2. The highest BCUT2D eigenvalue weighted by Crippen LogP contribution is 2.21. The second-order valence-electron chi connectivity index (χ2n) is 5.49. The van der Waals surface area contributed by atoms with Crippen LogP contribution in [0.15, 0.2) is 0 Å². The van der Waals surface area contributed by atoms with Crippen molar-refractivity contribution in [3.05, 3.63) is 0 Å². The minimum Gasteiger partial charge on any atom is -0.388 e. The van der Waals surface area contributed by atoms with Crippen LogP contribution >= 0.6 is 0 Å². The van der Waals surface area contributed by atoms with Gasteiger partial charge in [-0.2, -0.15) is 0 Å². The van der Waals surface area contributed by atoms with Crippen molar-refractivity contribution in [2.75, 3.05) is 6.54 Å². The largest absolute Gasteiger partial charge is 0.388 e. The standard InChI is InChI=1S/C13H24N2O3/c1-5-13(18,6-2)8-15-11(16)10(7-9(3)4)14-12(15)17/h9-10,18H,5-8H2,1-4H3,(H,14,17). The van der Waals surface area contributed by atoms with Crippen molar-refractivity contribution in [2.24, 2.45) is 5.92 Å². The van der Waals surface area contributed by atoms with Crippen molar-refractivity contribution in [3.63, 3.8) is 0 Å². The molecular formula is C13H24N2O3. The lowest BCUT2D eigenvalue weighted by atomic mass is 9.96. The van der Waals surface area contributed by atoms with Gasteiger partial charge in [0.2, 0.25) is 0 Å². The van der Waals surface area contributed by atoms with E-state index in [0.717, 1.165) is 4.90 Å². The number of carbonyl (C=O) groups excluding carboxylic acids is 2. The van der Waals surface area contributed by atoms with Gasteiger partial charge in [-0.1, -0.05) is 27.7 Å². The molecule has 1 aliphatic heterocycles. The van der Waals surface area contributed by atoms with Crippen molar-refractivity contribution in [3.8, 4) is 0 Å². The first-order valence-corrected chi connectivity index (χ1v) is 6.67. The van der Waals surface area contributed by atoms with E-state index in [1.54, 1.807) is 0 Å². The zero-order valence-corrected chi connectivity index (χ0v) is 11.7. The molecule has 1 aliphatic rings. The van der Waals surface area contributed by atoms with Crippen LogP contribution in [0.3, 0.4) is 0 Å². The minimum absolute atomic E-state index is 0.0826. The molecular weight excluding hydrogens is 232 g/mol. The highest BCUT2D eigenvalue weighted by molar-refractivity contribution is 6.04. The lowest BCUT2D eigenvalue weighted by Gasteiger charge is -2.28. The quantitative estimate of drug-likeness (QED) is 0.708. The molecule has 1 rings (SSSR count). The molecule has 1 saturated heterocycles. The Morgan fingerprint density at radius 3 is 2.33 bits per heavy atom. The summed E-state index contributed by atoms with van der Waals surface area (Å²) in [5.74, 6) is 0.129. The molecule has 5 heteroatoms. The SMILES string of the molecule is CCC(O)(CC)CN1C(=O)NC(CC(C)C)C1=O. The first-order chi connectivity index (χ1) is 8.33. The van der Waals surface area contributed by atoms with Crippen LogP contribution < -0.4 is 5.32 Å². The topological polar surface area (TPSA) is 69.6 Å². The van der Waals surface area contributed by atoms with Gasteiger partial charge in [-0.3, -0.25) is 9.69 Å². The number of imide groups is 1. The summed E-state index contributed by atoms with van der Waals surface area (Å²) in [7, 11) is 0. The second kappa shape index (κ2) is 5.69. The zero-order chi connectivity index (χ0) is 13.9. The van der Waals surface area contributed by atoms with Gasteiger partial charge in [0.25, 0.3) is 5.91 Å². The zero-order valence-electron chi connectivity index (χ0n) is 11.7. The number of urea groups is 1. The van der Waals surface area contributed by atoms with E-state index in [1.165, 1.54) is 0 Å². The van der Waals surface area contributed by atoms with Gasteiger partial charge in [0, 0.05) is 0 Å². The number of rotatable bonds is 6. The van der Waals surface area contributed by atoms with Crippen LogP contribution in [0.25, 0.3) is 0 Å². The second-order valence-corrected chi connectivity index (χ2v) is 5.49. The maximum atomic E-state index is 12.1. The third kappa shape index (κ3) is 3.22. The predicted molar refractivity (Wildman–Crippen MR) is 69.0 cm³/mol. The summed E-state index contributed by atoms with van der Waals surface area (Å²) in [6, 6.07) is -0.818. The molecule has 1 fully saturated rings. The van der Waals surface area contributed by atoms with Gasteiger partial charge >= 0.3 is 6.03 Å². The first-order valence-electron chi connectivity index (χ1n) is 6.67.